The number of ether oxygens (including phenoxy) is 1. The Kier molecular flexibility index (Phi) is 3.94. The van der Waals surface area contributed by atoms with Crippen LogP contribution in [0.1, 0.15) is 32.8 Å². The van der Waals surface area contributed by atoms with Crippen molar-refractivity contribution in [3.05, 3.63) is 35.9 Å². The lowest BCUT2D eigenvalue weighted by Gasteiger charge is -2.28. The Labute approximate surface area is 125 Å². The number of carbonyl (C=O) groups is 2. The van der Waals surface area contributed by atoms with Crippen LogP contribution < -0.4 is 5.73 Å². The van der Waals surface area contributed by atoms with Gasteiger partial charge in [-0.25, -0.2) is 4.79 Å². The van der Waals surface area contributed by atoms with E-state index in [2.05, 4.69) is 0 Å². The number of primary amides is 1. The van der Waals surface area contributed by atoms with Crippen molar-refractivity contribution in [1.29, 1.82) is 0 Å². The maximum absolute atomic E-state index is 12.2. The fourth-order valence-electron chi connectivity index (χ4n) is 2.63. The van der Waals surface area contributed by atoms with Crippen molar-refractivity contribution < 1.29 is 14.3 Å². The first-order chi connectivity index (χ1) is 9.74. The third-order valence-corrected chi connectivity index (χ3v) is 3.72. The highest BCUT2D eigenvalue weighted by atomic mass is 16.6. The summed E-state index contributed by atoms with van der Waals surface area (Å²) in [4.78, 5) is 25.7. The molecule has 2 amide bonds. The van der Waals surface area contributed by atoms with Gasteiger partial charge in [0.05, 0.1) is 5.41 Å². The molecule has 0 aromatic heterocycles. The summed E-state index contributed by atoms with van der Waals surface area (Å²) in [5.74, 6) is -0.403. The first kappa shape index (κ1) is 15.4. The molecule has 2 N–H and O–H groups in total. The summed E-state index contributed by atoms with van der Waals surface area (Å²) < 4.78 is 5.37. The van der Waals surface area contributed by atoms with E-state index in [9.17, 15) is 9.59 Å². The highest BCUT2D eigenvalue weighted by Crippen LogP contribution is 2.35. The number of amides is 2. The molecule has 1 saturated heterocycles. The normalized spacial score (nSPS) is 22.1. The molecule has 114 valence electrons. The van der Waals surface area contributed by atoms with E-state index in [1.807, 2.05) is 51.1 Å². The van der Waals surface area contributed by atoms with Crippen LogP contribution in [-0.4, -0.2) is 35.6 Å². The zero-order valence-corrected chi connectivity index (χ0v) is 12.8. The molecule has 1 aromatic carbocycles. The quantitative estimate of drug-likeness (QED) is 0.906. The Morgan fingerprint density at radius 1 is 1.24 bits per heavy atom. The smallest absolute Gasteiger partial charge is 0.410 e. The van der Waals surface area contributed by atoms with Gasteiger partial charge in [0.25, 0.3) is 0 Å². The molecule has 0 unspecified atom stereocenters. The molecule has 1 heterocycles. The molecule has 1 aliphatic heterocycles. The molecule has 0 saturated carbocycles. The van der Waals surface area contributed by atoms with Crippen molar-refractivity contribution in [2.75, 3.05) is 13.1 Å². The minimum Gasteiger partial charge on any atom is -0.444 e. The lowest BCUT2D eigenvalue weighted by Crippen LogP contribution is -2.45. The Bertz CT molecular complexity index is 536. The predicted octanol–water partition coefficient (Wildman–Crippen LogP) is 2.05. The van der Waals surface area contributed by atoms with Crippen LogP contribution in [0.25, 0.3) is 0 Å². The molecule has 1 aliphatic rings. The molecule has 0 radical (unpaired) electrons. The molecule has 21 heavy (non-hydrogen) atoms. The van der Waals surface area contributed by atoms with Crippen molar-refractivity contribution in [3.63, 3.8) is 0 Å². The van der Waals surface area contributed by atoms with Gasteiger partial charge < -0.3 is 15.4 Å². The van der Waals surface area contributed by atoms with Crippen molar-refractivity contribution >= 4 is 12.0 Å². The van der Waals surface area contributed by atoms with E-state index in [0.717, 1.165) is 5.56 Å². The van der Waals surface area contributed by atoms with Gasteiger partial charge in [-0.05, 0) is 32.8 Å². The highest BCUT2D eigenvalue weighted by Gasteiger charge is 2.46. The number of rotatable bonds is 2. The van der Waals surface area contributed by atoms with E-state index in [4.69, 9.17) is 10.5 Å². The lowest BCUT2D eigenvalue weighted by atomic mass is 9.79. The lowest BCUT2D eigenvalue weighted by molar-refractivity contribution is -0.123. The van der Waals surface area contributed by atoms with Gasteiger partial charge in [-0.2, -0.15) is 0 Å². The molecule has 0 bridgehead atoms. The summed E-state index contributed by atoms with van der Waals surface area (Å²) in [5.41, 5.74) is 5.11. The highest BCUT2D eigenvalue weighted by molar-refractivity contribution is 5.88. The Morgan fingerprint density at radius 3 is 2.38 bits per heavy atom. The van der Waals surface area contributed by atoms with Gasteiger partial charge in [-0.1, -0.05) is 30.3 Å². The molecule has 1 atom stereocenters. The molecular formula is C16H22N2O3. The summed E-state index contributed by atoms with van der Waals surface area (Å²) in [6.07, 6.45) is 0.118. The fraction of sp³-hybridized carbons (Fsp3) is 0.500. The van der Waals surface area contributed by atoms with Crippen LogP contribution in [0.5, 0.6) is 0 Å². The van der Waals surface area contributed by atoms with Crippen LogP contribution in [0.4, 0.5) is 4.79 Å². The summed E-state index contributed by atoms with van der Waals surface area (Å²) >= 11 is 0. The number of carbonyl (C=O) groups excluding carboxylic acids is 2. The van der Waals surface area contributed by atoms with E-state index >= 15 is 0 Å². The number of nitrogens with two attached hydrogens (primary N) is 1. The zero-order valence-electron chi connectivity index (χ0n) is 12.8. The molecule has 5 heteroatoms. The second-order valence-corrected chi connectivity index (χ2v) is 6.46. The average molecular weight is 290 g/mol. The minimum absolute atomic E-state index is 0.265. The predicted molar refractivity (Wildman–Crippen MR) is 79.7 cm³/mol. The maximum Gasteiger partial charge on any atom is 0.410 e. The van der Waals surface area contributed by atoms with Gasteiger partial charge >= 0.3 is 6.09 Å². The van der Waals surface area contributed by atoms with Crippen molar-refractivity contribution in [1.82, 2.24) is 4.90 Å². The van der Waals surface area contributed by atoms with E-state index in [1.165, 1.54) is 0 Å². The number of likely N-dealkylation sites (tertiary alicyclic amines) is 1. The second-order valence-electron chi connectivity index (χ2n) is 6.46. The molecule has 0 aliphatic carbocycles. The van der Waals surface area contributed by atoms with Gasteiger partial charge in [0.15, 0.2) is 0 Å². The average Bonchev–Trinajstić information content (AvgIpc) is 2.84. The number of nitrogens with zero attached hydrogens (tertiary/aromatic N) is 1. The number of hydrogen-bond donors (Lipinski definition) is 1. The molecule has 2 rings (SSSR count). The monoisotopic (exact) mass is 290 g/mol. The molecule has 5 nitrogen and oxygen atoms in total. The van der Waals surface area contributed by atoms with Gasteiger partial charge in [0, 0.05) is 13.1 Å². The van der Waals surface area contributed by atoms with Gasteiger partial charge in [-0.15, -0.1) is 0 Å². The summed E-state index contributed by atoms with van der Waals surface area (Å²) in [7, 11) is 0. The summed E-state index contributed by atoms with van der Waals surface area (Å²) in [6, 6.07) is 9.39. The van der Waals surface area contributed by atoms with Crippen molar-refractivity contribution in [2.24, 2.45) is 5.73 Å². The van der Waals surface area contributed by atoms with Crippen molar-refractivity contribution in [3.8, 4) is 0 Å². The summed E-state index contributed by atoms with van der Waals surface area (Å²) in [6.45, 7) is 6.19. The Hall–Kier alpha value is -2.04. The third-order valence-electron chi connectivity index (χ3n) is 3.72. The largest absolute Gasteiger partial charge is 0.444 e. The SMILES string of the molecule is CC(C)(C)OC(=O)N1CC[C@@](C(N)=O)(c2ccccc2)C1. The summed E-state index contributed by atoms with van der Waals surface area (Å²) in [5, 5.41) is 0. The molecular weight excluding hydrogens is 268 g/mol. The second kappa shape index (κ2) is 5.39. The first-order valence-electron chi connectivity index (χ1n) is 7.08. The number of benzene rings is 1. The van der Waals surface area contributed by atoms with Crippen LogP contribution in [0.2, 0.25) is 0 Å². The van der Waals surface area contributed by atoms with Crippen molar-refractivity contribution in [2.45, 2.75) is 38.2 Å². The van der Waals surface area contributed by atoms with Crippen LogP contribution in [0.3, 0.4) is 0 Å². The number of hydrogen-bond acceptors (Lipinski definition) is 3. The van der Waals surface area contributed by atoms with Crippen LogP contribution in [-0.2, 0) is 14.9 Å². The van der Waals surface area contributed by atoms with E-state index in [-0.39, 0.29) is 6.54 Å². The van der Waals surface area contributed by atoms with Gasteiger partial charge in [0.1, 0.15) is 5.60 Å². The Balaban J connectivity index is 2.21. The molecule has 1 aromatic rings. The Morgan fingerprint density at radius 2 is 1.86 bits per heavy atom. The third kappa shape index (κ3) is 3.17. The van der Waals surface area contributed by atoms with E-state index in [0.29, 0.717) is 13.0 Å². The van der Waals surface area contributed by atoms with Crippen LogP contribution >= 0.6 is 0 Å². The fourth-order valence-corrected chi connectivity index (χ4v) is 2.63. The molecule has 1 fully saturated rings. The van der Waals surface area contributed by atoms with Gasteiger partial charge in [0.2, 0.25) is 5.91 Å². The van der Waals surface area contributed by atoms with E-state index < -0.39 is 23.0 Å². The minimum atomic E-state index is -0.821. The van der Waals surface area contributed by atoms with Gasteiger partial charge in [-0.3, -0.25) is 4.79 Å². The van der Waals surface area contributed by atoms with E-state index in [1.54, 1.807) is 4.90 Å². The molecule has 0 spiro atoms. The van der Waals surface area contributed by atoms with Crippen LogP contribution in [0.15, 0.2) is 30.3 Å². The maximum atomic E-state index is 12.2. The van der Waals surface area contributed by atoms with Crippen LogP contribution in [0, 0.1) is 0 Å². The topological polar surface area (TPSA) is 72.6 Å². The first-order valence-corrected chi connectivity index (χ1v) is 7.08. The standard InChI is InChI=1S/C16H22N2O3/c1-15(2,3)21-14(20)18-10-9-16(11-18,13(17)19)12-7-5-4-6-8-12/h4-8H,9-11H2,1-3H3,(H2,17,19)/t16-/m0/s1. The zero-order chi connectivity index (χ0) is 15.7.